The molecule has 0 heterocycles. The van der Waals surface area contributed by atoms with Gasteiger partial charge < -0.3 is 19.1 Å². The van der Waals surface area contributed by atoms with Gasteiger partial charge in [0.15, 0.2) is 0 Å². The monoisotopic (exact) mass is 800 g/mol. The third kappa shape index (κ3) is 39.2. The maximum absolute atomic E-state index is 12.3. The van der Waals surface area contributed by atoms with Gasteiger partial charge in [-0.3, -0.25) is 9.59 Å². The van der Waals surface area contributed by atoms with E-state index in [0.717, 1.165) is 71.1 Å². The van der Waals surface area contributed by atoms with E-state index in [1.165, 1.54) is 135 Å². The molecule has 332 valence electrons. The van der Waals surface area contributed by atoms with Gasteiger partial charge in [0.2, 0.25) is 0 Å². The molecule has 0 spiro atoms. The maximum Gasteiger partial charge on any atom is 0.305 e. The van der Waals surface area contributed by atoms with Gasteiger partial charge in [0, 0.05) is 19.4 Å². The lowest BCUT2D eigenvalue weighted by Crippen LogP contribution is -2.24. The molecule has 0 aromatic rings. The summed E-state index contributed by atoms with van der Waals surface area (Å²) in [6.07, 6.45) is 36.4. The van der Waals surface area contributed by atoms with Gasteiger partial charge in [0.25, 0.3) is 0 Å². The Balaban J connectivity index is 4.19. The van der Waals surface area contributed by atoms with Gasteiger partial charge in [0.05, 0.1) is 19.3 Å². The SMILES string of the molecule is C=C=C=C=CC(CCCCC)CCOC(=O)CCCCCCCCCC(CCCCCCCCCC(=O)OCCC(C)CCCCC)OCCCCN(CC)CC. The standard InChI is InChI=1S/C51H93NO5/c1-7-12-25-34-47(6)41-45-56-50(53)39-30-23-19-15-17-21-28-37-49(55-44-33-32-43-52(10-4)11-5)38-29-22-18-16-20-24-31-40-51(54)57-46-42-48(35-26-13-8-2)36-27-14-9-3/h35,47-49H,2,7,9-12,14-25,27-34,36-46H2,1,3-6H3. The van der Waals surface area contributed by atoms with Gasteiger partial charge in [-0.25, -0.2) is 0 Å². The summed E-state index contributed by atoms with van der Waals surface area (Å²) in [5.74, 6) is 0.932. The number of ether oxygens (including phenoxy) is 3. The van der Waals surface area contributed by atoms with E-state index in [4.69, 9.17) is 14.2 Å². The summed E-state index contributed by atoms with van der Waals surface area (Å²) in [6.45, 7) is 20.1. The number of nitrogens with zero attached hydrogens (tertiary/aromatic N) is 1. The third-order valence-corrected chi connectivity index (χ3v) is 11.5. The Morgan fingerprint density at radius 3 is 1.58 bits per heavy atom. The molecular formula is C51H93NO5. The molecule has 0 aliphatic rings. The molecule has 0 N–H and O–H groups in total. The lowest BCUT2D eigenvalue weighted by Gasteiger charge is -2.20. The highest BCUT2D eigenvalue weighted by molar-refractivity contribution is 5.69. The van der Waals surface area contributed by atoms with Crippen molar-refractivity contribution in [2.24, 2.45) is 11.8 Å². The van der Waals surface area contributed by atoms with E-state index in [0.29, 0.717) is 44.0 Å². The van der Waals surface area contributed by atoms with Gasteiger partial charge >= 0.3 is 11.9 Å². The zero-order valence-electron chi connectivity index (χ0n) is 38.5. The average Bonchev–Trinajstić information content (AvgIpc) is 3.20. The largest absolute Gasteiger partial charge is 0.466 e. The first kappa shape index (κ1) is 54.9. The molecule has 0 aliphatic heterocycles. The fourth-order valence-electron chi connectivity index (χ4n) is 7.50. The molecule has 0 amide bonds. The number of hydrogen-bond donors (Lipinski definition) is 0. The number of carbonyl (C=O) groups is 2. The van der Waals surface area contributed by atoms with Crippen LogP contribution in [0.1, 0.15) is 227 Å². The average molecular weight is 800 g/mol. The molecule has 0 aliphatic carbocycles. The number of rotatable bonds is 43. The van der Waals surface area contributed by atoms with Crippen molar-refractivity contribution in [2.75, 3.05) is 39.5 Å². The Kier molecular flexibility index (Phi) is 41.9. The molecule has 3 atom stereocenters. The number of carbonyl (C=O) groups excluding carboxylic acids is 2. The van der Waals surface area contributed by atoms with Crippen LogP contribution >= 0.6 is 0 Å². The third-order valence-electron chi connectivity index (χ3n) is 11.5. The van der Waals surface area contributed by atoms with Crippen LogP contribution in [-0.2, 0) is 23.8 Å². The second-order valence-corrected chi connectivity index (χ2v) is 16.7. The first-order valence-corrected chi connectivity index (χ1v) is 24.4. The van der Waals surface area contributed by atoms with Gasteiger partial charge in [-0.2, -0.15) is 0 Å². The second kappa shape index (κ2) is 43.5. The van der Waals surface area contributed by atoms with Crippen LogP contribution in [0.4, 0.5) is 0 Å². The van der Waals surface area contributed by atoms with Crippen molar-refractivity contribution in [2.45, 2.75) is 233 Å². The molecule has 0 rings (SSSR count). The van der Waals surface area contributed by atoms with Crippen LogP contribution < -0.4 is 0 Å². The Bertz CT molecular complexity index is 1020. The van der Waals surface area contributed by atoms with Gasteiger partial charge in [-0.05, 0) is 108 Å². The normalized spacial score (nSPS) is 12.7. The van der Waals surface area contributed by atoms with Crippen molar-refractivity contribution < 1.29 is 23.8 Å². The quantitative estimate of drug-likeness (QED) is 0.0348. The van der Waals surface area contributed by atoms with E-state index < -0.39 is 0 Å². The first-order valence-electron chi connectivity index (χ1n) is 24.4. The van der Waals surface area contributed by atoms with Crippen LogP contribution in [0.5, 0.6) is 0 Å². The molecular weight excluding hydrogens is 707 g/mol. The molecule has 0 saturated carbocycles. The number of hydrogen-bond acceptors (Lipinski definition) is 6. The van der Waals surface area contributed by atoms with Crippen LogP contribution in [0.15, 0.2) is 29.8 Å². The minimum Gasteiger partial charge on any atom is -0.466 e. The van der Waals surface area contributed by atoms with Crippen molar-refractivity contribution in [3.8, 4) is 0 Å². The Morgan fingerprint density at radius 1 is 0.561 bits per heavy atom. The molecule has 57 heavy (non-hydrogen) atoms. The molecule has 6 nitrogen and oxygen atoms in total. The van der Waals surface area contributed by atoms with Crippen molar-refractivity contribution in [3.63, 3.8) is 0 Å². The summed E-state index contributed by atoms with van der Waals surface area (Å²) >= 11 is 0. The van der Waals surface area contributed by atoms with E-state index in [1.807, 2.05) is 6.08 Å². The molecule has 0 aromatic carbocycles. The molecule has 3 unspecified atom stereocenters. The maximum atomic E-state index is 12.3. The summed E-state index contributed by atoms with van der Waals surface area (Å²) in [4.78, 5) is 26.9. The van der Waals surface area contributed by atoms with Crippen LogP contribution in [0.2, 0.25) is 0 Å². The Hall–Kier alpha value is -2.06. The summed E-state index contributed by atoms with van der Waals surface area (Å²) in [5, 5.41) is 0. The molecule has 0 aromatic heterocycles. The number of allylic oxidation sites excluding steroid dienone is 1. The predicted molar refractivity (Wildman–Crippen MR) is 243 cm³/mol. The van der Waals surface area contributed by atoms with Crippen molar-refractivity contribution >= 4 is 11.9 Å². The zero-order valence-corrected chi connectivity index (χ0v) is 38.5. The topological polar surface area (TPSA) is 65.1 Å². The van der Waals surface area contributed by atoms with Crippen molar-refractivity contribution in [3.05, 3.63) is 29.8 Å². The van der Waals surface area contributed by atoms with E-state index in [9.17, 15) is 9.59 Å². The first-order chi connectivity index (χ1) is 27.9. The fraction of sp³-hybridized carbons (Fsp3) is 0.863. The van der Waals surface area contributed by atoms with Crippen LogP contribution in [0.3, 0.4) is 0 Å². The Morgan fingerprint density at radius 2 is 1.05 bits per heavy atom. The second-order valence-electron chi connectivity index (χ2n) is 16.7. The minimum absolute atomic E-state index is 0.0117. The molecule has 6 heteroatoms. The summed E-state index contributed by atoms with van der Waals surface area (Å²) in [7, 11) is 0. The van der Waals surface area contributed by atoms with E-state index in [2.05, 4.69) is 63.3 Å². The van der Waals surface area contributed by atoms with Crippen molar-refractivity contribution in [1.82, 2.24) is 4.90 Å². The lowest BCUT2D eigenvalue weighted by molar-refractivity contribution is -0.145. The lowest BCUT2D eigenvalue weighted by atomic mass is 9.98. The van der Waals surface area contributed by atoms with Crippen LogP contribution in [-0.4, -0.2) is 62.4 Å². The molecule has 0 saturated heterocycles. The highest BCUT2D eigenvalue weighted by Gasteiger charge is 2.11. The highest BCUT2D eigenvalue weighted by atomic mass is 16.5. The number of esters is 2. The molecule has 0 radical (unpaired) electrons. The summed E-state index contributed by atoms with van der Waals surface area (Å²) < 4.78 is 17.5. The van der Waals surface area contributed by atoms with Crippen molar-refractivity contribution in [1.29, 1.82) is 0 Å². The molecule has 0 bridgehead atoms. The molecule has 0 fully saturated rings. The fourth-order valence-corrected chi connectivity index (χ4v) is 7.50. The van der Waals surface area contributed by atoms with Gasteiger partial charge in [-0.15, -0.1) is 0 Å². The minimum atomic E-state index is -0.0607. The smallest absolute Gasteiger partial charge is 0.305 e. The van der Waals surface area contributed by atoms with Gasteiger partial charge in [-0.1, -0.05) is 168 Å². The highest BCUT2D eigenvalue weighted by Crippen LogP contribution is 2.19. The van der Waals surface area contributed by atoms with E-state index in [-0.39, 0.29) is 11.9 Å². The van der Waals surface area contributed by atoms with Gasteiger partial charge in [0.1, 0.15) is 0 Å². The van der Waals surface area contributed by atoms with Crippen LogP contribution in [0, 0.1) is 11.8 Å². The summed E-state index contributed by atoms with van der Waals surface area (Å²) in [5.41, 5.74) is 8.41. The van der Waals surface area contributed by atoms with E-state index in [1.54, 1.807) is 0 Å². The Labute approximate surface area is 354 Å². The summed E-state index contributed by atoms with van der Waals surface area (Å²) in [6, 6.07) is 0. The van der Waals surface area contributed by atoms with Crippen LogP contribution in [0.25, 0.3) is 0 Å². The van der Waals surface area contributed by atoms with E-state index >= 15 is 0 Å². The zero-order chi connectivity index (χ0) is 41.9. The predicted octanol–water partition coefficient (Wildman–Crippen LogP) is 14.4. The number of unbranched alkanes of at least 4 members (excludes halogenated alkanes) is 17.